The van der Waals surface area contributed by atoms with Crippen LogP contribution in [0.5, 0.6) is 0 Å². The van der Waals surface area contributed by atoms with Gasteiger partial charge in [-0.2, -0.15) is 5.10 Å². The largest absolute Gasteiger partial charge is 0.342 e. The van der Waals surface area contributed by atoms with Crippen LogP contribution in [0.3, 0.4) is 0 Å². The maximum Gasteiger partial charge on any atom is 0.271 e. The zero-order valence-electron chi connectivity index (χ0n) is 12.4. The molecule has 1 saturated carbocycles. The van der Waals surface area contributed by atoms with Crippen molar-refractivity contribution >= 4 is 23.4 Å². The van der Waals surface area contributed by atoms with Gasteiger partial charge in [-0.3, -0.25) is 14.3 Å². The molecule has 0 atom stereocenters. The molecule has 0 spiro atoms. The first-order valence-corrected chi connectivity index (χ1v) is 7.60. The quantitative estimate of drug-likeness (QED) is 0.918. The minimum Gasteiger partial charge on any atom is -0.342 e. The average Bonchev–Trinajstić information content (AvgIpc) is 2.83. The Balaban J connectivity index is 1.87. The molecule has 1 fully saturated rings. The minimum absolute atomic E-state index is 0.0205. The van der Waals surface area contributed by atoms with Crippen molar-refractivity contribution in [1.82, 2.24) is 20.0 Å². The Morgan fingerprint density at radius 1 is 1.43 bits per heavy atom. The van der Waals surface area contributed by atoms with Gasteiger partial charge in [-0.15, -0.1) is 0 Å². The monoisotopic (exact) mass is 312 g/mol. The van der Waals surface area contributed by atoms with E-state index >= 15 is 0 Å². The fourth-order valence-electron chi connectivity index (χ4n) is 2.70. The summed E-state index contributed by atoms with van der Waals surface area (Å²) in [6, 6.07) is 0.295. The van der Waals surface area contributed by atoms with Crippen LogP contribution in [0.4, 0.5) is 0 Å². The Bertz CT molecular complexity index is 504. The molecule has 116 valence electrons. The molecule has 0 saturated heterocycles. The molecule has 6 nitrogen and oxygen atoms in total. The Labute approximate surface area is 129 Å². The molecule has 0 bridgehead atoms. The Kier molecular flexibility index (Phi) is 5.22. The number of hydrogen-bond acceptors (Lipinski definition) is 3. The highest BCUT2D eigenvalue weighted by atomic mass is 35.5. The van der Waals surface area contributed by atoms with E-state index in [1.54, 1.807) is 11.9 Å². The highest BCUT2D eigenvalue weighted by Crippen LogP contribution is 2.21. The van der Waals surface area contributed by atoms with Crippen LogP contribution in [0.1, 0.15) is 42.6 Å². The van der Waals surface area contributed by atoms with Crippen molar-refractivity contribution in [2.45, 2.75) is 38.1 Å². The highest BCUT2D eigenvalue weighted by molar-refractivity contribution is 6.33. The summed E-state index contributed by atoms with van der Waals surface area (Å²) in [4.78, 5) is 25.9. The van der Waals surface area contributed by atoms with Crippen LogP contribution >= 0.6 is 11.6 Å². The van der Waals surface area contributed by atoms with E-state index < -0.39 is 0 Å². The summed E-state index contributed by atoms with van der Waals surface area (Å²) < 4.78 is 1.40. The molecule has 1 aliphatic carbocycles. The van der Waals surface area contributed by atoms with E-state index in [2.05, 4.69) is 10.4 Å². The molecule has 7 heteroatoms. The van der Waals surface area contributed by atoms with Crippen molar-refractivity contribution in [3.05, 3.63) is 16.9 Å². The summed E-state index contributed by atoms with van der Waals surface area (Å²) in [5.41, 5.74) is 0.268. The van der Waals surface area contributed by atoms with Gasteiger partial charge < -0.3 is 10.2 Å². The first-order chi connectivity index (χ1) is 10.0. The second-order valence-corrected chi connectivity index (χ2v) is 5.85. The van der Waals surface area contributed by atoms with Crippen molar-refractivity contribution in [2.75, 3.05) is 13.6 Å². The Morgan fingerprint density at radius 2 is 2.10 bits per heavy atom. The zero-order chi connectivity index (χ0) is 15.4. The Hall–Kier alpha value is -1.56. The molecule has 1 aromatic rings. The molecule has 0 aromatic carbocycles. The van der Waals surface area contributed by atoms with Crippen molar-refractivity contribution in [3.8, 4) is 0 Å². The third kappa shape index (κ3) is 3.75. The van der Waals surface area contributed by atoms with Gasteiger partial charge in [0.1, 0.15) is 5.69 Å². The van der Waals surface area contributed by atoms with Crippen LogP contribution < -0.4 is 5.32 Å². The molecular weight excluding hydrogens is 292 g/mol. The molecule has 2 amide bonds. The second-order valence-electron chi connectivity index (χ2n) is 5.44. The fraction of sp³-hybridized carbons (Fsp3) is 0.643. The molecule has 1 aromatic heterocycles. The summed E-state index contributed by atoms with van der Waals surface area (Å²) >= 11 is 5.90. The lowest BCUT2D eigenvalue weighted by atomic mass is 9.94. The lowest BCUT2D eigenvalue weighted by Crippen LogP contribution is -2.44. The molecule has 2 rings (SSSR count). The summed E-state index contributed by atoms with van der Waals surface area (Å²) in [6.07, 6.45) is 7.08. The van der Waals surface area contributed by atoms with Gasteiger partial charge in [0.15, 0.2) is 0 Å². The summed E-state index contributed by atoms with van der Waals surface area (Å²) in [6.45, 7) is -0.0205. The maximum absolute atomic E-state index is 12.1. The van der Waals surface area contributed by atoms with Crippen LogP contribution in [0.25, 0.3) is 0 Å². The molecule has 1 aliphatic rings. The van der Waals surface area contributed by atoms with Crippen molar-refractivity contribution < 1.29 is 9.59 Å². The summed E-state index contributed by atoms with van der Waals surface area (Å²) in [5, 5.41) is 6.79. The van der Waals surface area contributed by atoms with E-state index in [0.29, 0.717) is 6.04 Å². The number of rotatable bonds is 4. The van der Waals surface area contributed by atoms with E-state index in [4.69, 9.17) is 11.6 Å². The van der Waals surface area contributed by atoms with Crippen LogP contribution in [0.15, 0.2) is 6.20 Å². The number of hydrogen-bond donors (Lipinski definition) is 1. The molecular formula is C14H21ClN4O2. The number of aromatic nitrogens is 2. The number of likely N-dealkylation sites (N-methyl/N-ethyl adjacent to an activating group) is 1. The SMILES string of the molecule is CN(C(=O)CNC(=O)c1c(Cl)cnn1C)C1CCCCC1. The van der Waals surface area contributed by atoms with Gasteiger partial charge in [0.2, 0.25) is 5.91 Å². The first-order valence-electron chi connectivity index (χ1n) is 7.22. The molecule has 0 aliphatic heterocycles. The van der Waals surface area contributed by atoms with E-state index in [0.717, 1.165) is 12.8 Å². The minimum atomic E-state index is -0.384. The number of carbonyl (C=O) groups excluding carboxylic acids is 2. The number of carbonyl (C=O) groups is 2. The van der Waals surface area contributed by atoms with Gasteiger partial charge in [-0.1, -0.05) is 30.9 Å². The summed E-state index contributed by atoms with van der Waals surface area (Å²) in [7, 11) is 3.44. The van der Waals surface area contributed by atoms with Crippen molar-refractivity contribution in [3.63, 3.8) is 0 Å². The highest BCUT2D eigenvalue weighted by Gasteiger charge is 2.23. The van der Waals surface area contributed by atoms with Gasteiger partial charge in [0.05, 0.1) is 17.8 Å². The van der Waals surface area contributed by atoms with Crippen LogP contribution in [0, 0.1) is 0 Å². The molecule has 21 heavy (non-hydrogen) atoms. The van der Waals surface area contributed by atoms with Crippen molar-refractivity contribution in [2.24, 2.45) is 7.05 Å². The zero-order valence-corrected chi connectivity index (χ0v) is 13.2. The number of halogens is 1. The second kappa shape index (κ2) is 6.93. The predicted molar refractivity (Wildman–Crippen MR) is 80.2 cm³/mol. The maximum atomic E-state index is 12.1. The van der Waals surface area contributed by atoms with Gasteiger partial charge in [0, 0.05) is 20.1 Å². The Morgan fingerprint density at radius 3 is 2.67 bits per heavy atom. The summed E-state index contributed by atoms with van der Waals surface area (Å²) in [5.74, 6) is -0.459. The first kappa shape index (κ1) is 15.8. The standard InChI is InChI=1S/C14H21ClN4O2/c1-18(10-6-4-3-5-7-10)12(20)9-16-14(21)13-11(15)8-17-19(13)2/h8,10H,3-7,9H2,1-2H3,(H,16,21). The van der Waals surface area contributed by atoms with Crippen LogP contribution in [-0.4, -0.2) is 46.1 Å². The third-order valence-electron chi connectivity index (χ3n) is 4.03. The molecule has 1 N–H and O–H groups in total. The van der Waals surface area contributed by atoms with Gasteiger partial charge in [0.25, 0.3) is 5.91 Å². The molecule has 0 radical (unpaired) electrons. The van der Waals surface area contributed by atoms with Crippen LogP contribution in [0.2, 0.25) is 5.02 Å². The normalized spacial score (nSPS) is 15.8. The smallest absolute Gasteiger partial charge is 0.271 e. The number of aryl methyl sites for hydroxylation is 1. The van der Waals surface area contributed by atoms with E-state index in [-0.39, 0.29) is 29.1 Å². The molecule has 0 unspecified atom stereocenters. The van der Waals surface area contributed by atoms with E-state index in [9.17, 15) is 9.59 Å². The number of nitrogens with one attached hydrogen (secondary N) is 1. The number of nitrogens with zero attached hydrogens (tertiary/aromatic N) is 3. The topological polar surface area (TPSA) is 67.2 Å². The fourth-order valence-corrected chi connectivity index (χ4v) is 2.95. The average molecular weight is 313 g/mol. The van der Waals surface area contributed by atoms with Crippen LogP contribution in [-0.2, 0) is 11.8 Å². The predicted octanol–water partition coefficient (Wildman–Crippen LogP) is 1.59. The van der Waals surface area contributed by atoms with Gasteiger partial charge >= 0.3 is 0 Å². The van der Waals surface area contributed by atoms with Gasteiger partial charge in [-0.25, -0.2) is 0 Å². The lowest BCUT2D eigenvalue weighted by Gasteiger charge is -2.31. The number of amides is 2. The van der Waals surface area contributed by atoms with Gasteiger partial charge in [-0.05, 0) is 12.8 Å². The molecule has 1 heterocycles. The van der Waals surface area contributed by atoms with E-state index in [1.165, 1.54) is 30.1 Å². The van der Waals surface area contributed by atoms with Crippen molar-refractivity contribution in [1.29, 1.82) is 0 Å². The lowest BCUT2D eigenvalue weighted by molar-refractivity contribution is -0.131. The van der Waals surface area contributed by atoms with E-state index in [1.807, 2.05) is 7.05 Å². The third-order valence-corrected chi connectivity index (χ3v) is 4.30.